The molecule has 0 spiro atoms. The molecule has 0 saturated carbocycles. The predicted octanol–water partition coefficient (Wildman–Crippen LogP) is 0.761. The Kier molecular flexibility index (Phi) is 2.62. The van der Waals surface area contributed by atoms with E-state index >= 15 is 0 Å². The Morgan fingerprint density at radius 2 is 2.21 bits per heavy atom. The first-order valence-electron chi connectivity index (χ1n) is 5.68. The highest BCUT2D eigenvalue weighted by Crippen LogP contribution is 2.26. The van der Waals surface area contributed by atoms with Gasteiger partial charge in [-0.15, -0.1) is 0 Å². The van der Waals surface area contributed by atoms with Crippen LogP contribution >= 0.6 is 0 Å². The molecule has 19 heavy (non-hydrogen) atoms. The van der Waals surface area contributed by atoms with Crippen LogP contribution in [0.3, 0.4) is 0 Å². The molecule has 1 aromatic carbocycles. The largest absolute Gasteiger partial charge is 0.301 e. The molecule has 0 aliphatic carbocycles. The first-order chi connectivity index (χ1) is 9.12. The number of rotatable bonds is 1. The van der Waals surface area contributed by atoms with Crippen molar-refractivity contribution < 1.29 is 8.42 Å². The lowest BCUT2D eigenvalue weighted by Gasteiger charge is -2.16. The number of nitrogens with one attached hydrogen (secondary N) is 1. The minimum absolute atomic E-state index is 0.339. The fourth-order valence-electron chi connectivity index (χ4n) is 2.15. The summed E-state index contributed by atoms with van der Waals surface area (Å²) in [6.45, 7) is 0.810. The van der Waals surface area contributed by atoms with Crippen molar-refractivity contribution in [3.05, 3.63) is 36.2 Å². The third-order valence-corrected chi connectivity index (χ3v) is 4.57. The van der Waals surface area contributed by atoms with E-state index in [2.05, 4.69) is 9.71 Å². The van der Waals surface area contributed by atoms with Crippen molar-refractivity contribution in [2.24, 2.45) is 0 Å². The fourth-order valence-corrected chi connectivity index (χ4v) is 3.38. The summed E-state index contributed by atoms with van der Waals surface area (Å²) in [6.07, 6.45) is 1.54. The van der Waals surface area contributed by atoms with Crippen molar-refractivity contribution >= 4 is 26.7 Å². The van der Waals surface area contributed by atoms with Gasteiger partial charge >= 0.3 is 10.2 Å². The summed E-state index contributed by atoms with van der Waals surface area (Å²) in [6, 6.07) is 8.95. The monoisotopic (exact) mass is 274 g/mol. The summed E-state index contributed by atoms with van der Waals surface area (Å²) >= 11 is 0. The molecule has 1 saturated heterocycles. The molecular weight excluding hydrogens is 264 g/mol. The highest BCUT2D eigenvalue weighted by Gasteiger charge is 2.27. The van der Waals surface area contributed by atoms with Crippen LogP contribution in [-0.2, 0) is 10.2 Å². The van der Waals surface area contributed by atoms with E-state index in [1.54, 1.807) is 30.5 Å². The summed E-state index contributed by atoms with van der Waals surface area (Å²) in [7, 11) is -3.42. The lowest BCUT2D eigenvalue weighted by Crippen LogP contribution is -2.29. The molecule has 0 unspecified atom stereocenters. The third-order valence-electron chi connectivity index (χ3n) is 3.03. The van der Waals surface area contributed by atoms with Crippen molar-refractivity contribution in [1.29, 1.82) is 5.26 Å². The van der Waals surface area contributed by atoms with E-state index in [1.165, 1.54) is 4.31 Å². The maximum Gasteiger partial charge on any atom is 0.301 e. The van der Waals surface area contributed by atoms with Gasteiger partial charge in [0.2, 0.25) is 0 Å². The van der Waals surface area contributed by atoms with E-state index < -0.39 is 10.2 Å². The standard InChI is InChI=1S/C12H10N4O2S/c13-8-12-11-2-1-10(7-9(11)3-4-14-12)16-6-5-15-19(16,17)18/h1-4,7,15H,5-6H2. The zero-order valence-corrected chi connectivity index (χ0v) is 10.7. The number of benzene rings is 1. The van der Waals surface area contributed by atoms with Crippen molar-refractivity contribution in [3.8, 4) is 6.07 Å². The van der Waals surface area contributed by atoms with Crippen LogP contribution in [0.2, 0.25) is 0 Å². The van der Waals surface area contributed by atoms with Gasteiger partial charge in [-0.3, -0.25) is 4.31 Å². The number of aromatic nitrogens is 1. The van der Waals surface area contributed by atoms with Gasteiger partial charge in [-0.05, 0) is 29.7 Å². The normalized spacial score (nSPS) is 17.5. The van der Waals surface area contributed by atoms with Crippen LogP contribution in [0.1, 0.15) is 5.69 Å². The molecular formula is C12H10N4O2S. The van der Waals surface area contributed by atoms with Gasteiger partial charge in [0.1, 0.15) is 11.8 Å². The molecule has 1 fully saturated rings. The second kappa shape index (κ2) is 4.19. The topological polar surface area (TPSA) is 86.1 Å². The van der Waals surface area contributed by atoms with Gasteiger partial charge in [0.15, 0.2) is 0 Å². The van der Waals surface area contributed by atoms with Crippen LogP contribution in [0.5, 0.6) is 0 Å². The summed E-state index contributed by atoms with van der Waals surface area (Å²) in [5, 5.41) is 10.5. The SMILES string of the molecule is N#Cc1nccc2cc(N3CCNS3(=O)=O)ccc12. The van der Waals surface area contributed by atoms with E-state index in [9.17, 15) is 8.42 Å². The number of nitriles is 1. The number of anilines is 1. The first kappa shape index (κ1) is 11.9. The predicted molar refractivity (Wildman–Crippen MR) is 70.7 cm³/mol. The van der Waals surface area contributed by atoms with Gasteiger partial charge in [0.05, 0.1) is 5.69 Å². The summed E-state index contributed by atoms with van der Waals surface area (Å²) in [5.74, 6) is 0. The average Bonchev–Trinajstić information content (AvgIpc) is 2.77. The molecule has 2 aromatic rings. The molecule has 7 heteroatoms. The van der Waals surface area contributed by atoms with Crippen molar-refractivity contribution in [2.75, 3.05) is 17.4 Å². The van der Waals surface area contributed by atoms with Gasteiger partial charge in [-0.2, -0.15) is 18.4 Å². The molecule has 1 aliphatic rings. The van der Waals surface area contributed by atoms with E-state index in [0.717, 1.165) is 10.8 Å². The number of hydrogen-bond acceptors (Lipinski definition) is 4. The Balaban J connectivity index is 2.16. The van der Waals surface area contributed by atoms with Crippen LogP contribution in [0.25, 0.3) is 10.8 Å². The second-order valence-electron chi connectivity index (χ2n) is 4.15. The third kappa shape index (κ3) is 1.91. The Morgan fingerprint density at radius 1 is 1.37 bits per heavy atom. The maximum atomic E-state index is 11.8. The molecule has 0 atom stereocenters. The van der Waals surface area contributed by atoms with Crippen LogP contribution in [0.15, 0.2) is 30.5 Å². The van der Waals surface area contributed by atoms with Gasteiger partial charge in [-0.25, -0.2) is 4.98 Å². The van der Waals surface area contributed by atoms with Gasteiger partial charge in [0.25, 0.3) is 0 Å². The lowest BCUT2D eigenvalue weighted by atomic mass is 10.1. The minimum atomic E-state index is -3.42. The molecule has 1 aliphatic heterocycles. The minimum Gasteiger partial charge on any atom is -0.256 e. The molecule has 6 nitrogen and oxygen atoms in total. The lowest BCUT2D eigenvalue weighted by molar-refractivity contribution is 0.592. The molecule has 0 amide bonds. The Bertz CT molecular complexity index is 795. The van der Waals surface area contributed by atoms with Gasteiger partial charge in [0, 0.05) is 24.7 Å². The number of fused-ring (bicyclic) bond motifs is 1. The molecule has 2 heterocycles. The molecule has 1 N–H and O–H groups in total. The van der Waals surface area contributed by atoms with E-state index in [1.807, 2.05) is 6.07 Å². The zero-order valence-electron chi connectivity index (χ0n) is 9.87. The number of hydrogen-bond donors (Lipinski definition) is 1. The summed E-state index contributed by atoms with van der Waals surface area (Å²) < 4.78 is 27.3. The Hall–Kier alpha value is -2.17. The highest BCUT2D eigenvalue weighted by molar-refractivity contribution is 7.91. The highest BCUT2D eigenvalue weighted by atomic mass is 32.2. The molecule has 0 radical (unpaired) electrons. The molecule has 96 valence electrons. The summed E-state index contributed by atoms with van der Waals surface area (Å²) in [5.41, 5.74) is 0.930. The molecule has 1 aromatic heterocycles. The van der Waals surface area contributed by atoms with Crippen LogP contribution in [-0.4, -0.2) is 26.5 Å². The van der Waals surface area contributed by atoms with Gasteiger partial charge < -0.3 is 0 Å². The zero-order chi connectivity index (χ0) is 13.5. The quantitative estimate of drug-likeness (QED) is 0.831. The van der Waals surface area contributed by atoms with E-state index in [0.29, 0.717) is 24.5 Å². The Morgan fingerprint density at radius 3 is 2.89 bits per heavy atom. The van der Waals surface area contributed by atoms with Crippen molar-refractivity contribution in [2.45, 2.75) is 0 Å². The second-order valence-corrected chi connectivity index (χ2v) is 5.83. The van der Waals surface area contributed by atoms with E-state index in [-0.39, 0.29) is 0 Å². The molecule has 3 rings (SSSR count). The average molecular weight is 274 g/mol. The fraction of sp³-hybridized carbons (Fsp3) is 0.167. The van der Waals surface area contributed by atoms with E-state index in [4.69, 9.17) is 5.26 Å². The maximum absolute atomic E-state index is 11.8. The smallest absolute Gasteiger partial charge is 0.256 e. The summed E-state index contributed by atoms with van der Waals surface area (Å²) in [4.78, 5) is 3.98. The van der Waals surface area contributed by atoms with Crippen molar-refractivity contribution in [1.82, 2.24) is 9.71 Å². The Labute approximate surface area is 110 Å². The van der Waals surface area contributed by atoms with Crippen molar-refractivity contribution in [3.63, 3.8) is 0 Å². The van der Waals surface area contributed by atoms with Gasteiger partial charge in [-0.1, -0.05) is 0 Å². The van der Waals surface area contributed by atoms with Crippen LogP contribution < -0.4 is 9.03 Å². The molecule has 0 bridgehead atoms. The van der Waals surface area contributed by atoms with Crippen LogP contribution in [0.4, 0.5) is 5.69 Å². The van der Waals surface area contributed by atoms with Crippen LogP contribution in [0, 0.1) is 11.3 Å². The number of nitrogens with zero attached hydrogens (tertiary/aromatic N) is 3. The first-order valence-corrected chi connectivity index (χ1v) is 7.12. The number of pyridine rings is 1.